The molecule has 0 aliphatic carbocycles. The van der Waals surface area contributed by atoms with Crippen molar-refractivity contribution in [3.8, 4) is 22.8 Å². The summed E-state index contributed by atoms with van der Waals surface area (Å²) in [5.41, 5.74) is 2.03. The van der Waals surface area contributed by atoms with E-state index in [2.05, 4.69) is 46.5 Å². The third-order valence-electron chi connectivity index (χ3n) is 7.81. The first kappa shape index (κ1) is 40.2. The molecule has 4 atom stereocenters. The van der Waals surface area contributed by atoms with Gasteiger partial charge < -0.3 is 28.4 Å². The number of esters is 3. The van der Waals surface area contributed by atoms with Crippen LogP contribution in [0.2, 0.25) is 0 Å². The summed E-state index contributed by atoms with van der Waals surface area (Å²) in [6, 6.07) is 17.0. The van der Waals surface area contributed by atoms with Crippen molar-refractivity contribution in [2.45, 2.75) is 87.0 Å². The van der Waals surface area contributed by atoms with Crippen LogP contribution in [0.25, 0.3) is 11.3 Å². The molecule has 0 saturated heterocycles. The lowest BCUT2D eigenvalue weighted by molar-refractivity contribution is -0.158. The van der Waals surface area contributed by atoms with Crippen molar-refractivity contribution < 1.29 is 42.8 Å². The quantitative estimate of drug-likeness (QED) is 0.108. The molecule has 10 heteroatoms. The maximum Gasteiger partial charge on any atom is 0.343 e. The molecule has 2 aromatic carbocycles. The van der Waals surface area contributed by atoms with Crippen molar-refractivity contribution in [2.24, 2.45) is 16.7 Å². The number of pyridine rings is 1. The van der Waals surface area contributed by atoms with E-state index >= 15 is 0 Å². The lowest BCUT2D eigenvalue weighted by Crippen LogP contribution is -2.35. The smallest absolute Gasteiger partial charge is 0.343 e. The number of carbonyl (C=O) groups is 3. The molecule has 1 heterocycles. The molecule has 1 aromatic heterocycles. The van der Waals surface area contributed by atoms with E-state index in [1.807, 2.05) is 20.8 Å². The molecule has 0 spiro atoms. The van der Waals surface area contributed by atoms with E-state index in [0.717, 1.165) is 12.0 Å². The molecule has 0 saturated carbocycles. The van der Waals surface area contributed by atoms with Gasteiger partial charge in [-0.3, -0.25) is 9.78 Å². The number of rotatable bonds is 16. The van der Waals surface area contributed by atoms with Gasteiger partial charge >= 0.3 is 17.9 Å². The van der Waals surface area contributed by atoms with Crippen LogP contribution in [0.4, 0.5) is 0 Å². The van der Waals surface area contributed by atoms with Gasteiger partial charge in [0.1, 0.15) is 24.2 Å². The predicted octanol–water partition coefficient (Wildman–Crippen LogP) is 7.97. The Morgan fingerprint density at radius 2 is 1.24 bits per heavy atom. The summed E-state index contributed by atoms with van der Waals surface area (Å²) in [6.45, 7) is 19.2. The molecule has 3 rings (SSSR count). The van der Waals surface area contributed by atoms with Crippen molar-refractivity contribution in [3.63, 3.8) is 0 Å². The van der Waals surface area contributed by atoms with Crippen molar-refractivity contribution >= 4 is 17.9 Å². The highest BCUT2D eigenvalue weighted by atomic mass is 16.6. The first-order valence-electron chi connectivity index (χ1n) is 17.0. The molecule has 0 bridgehead atoms. The van der Waals surface area contributed by atoms with Crippen LogP contribution in [0.15, 0.2) is 66.9 Å². The third kappa shape index (κ3) is 13.2. The highest BCUT2D eigenvalue weighted by molar-refractivity contribution is 5.91. The molecule has 3 aromatic rings. The fourth-order valence-electron chi connectivity index (χ4n) is 4.95. The molecular weight excluding hydrogens is 638 g/mol. The zero-order valence-electron chi connectivity index (χ0n) is 31.1. The topological polar surface area (TPSA) is 119 Å². The number of methoxy groups -OCH3 is 1. The number of ether oxygens (including phenoxy) is 6. The molecule has 272 valence electrons. The number of hydrogen-bond acceptors (Lipinski definition) is 10. The van der Waals surface area contributed by atoms with Crippen LogP contribution in [0.3, 0.4) is 0 Å². The maximum absolute atomic E-state index is 12.9. The van der Waals surface area contributed by atoms with Crippen LogP contribution in [0.5, 0.6) is 11.5 Å². The second-order valence-corrected chi connectivity index (χ2v) is 14.9. The Bertz CT molecular complexity index is 1520. The van der Waals surface area contributed by atoms with Gasteiger partial charge in [-0.1, -0.05) is 41.5 Å². The fourth-order valence-corrected chi connectivity index (χ4v) is 4.95. The average molecular weight is 692 g/mol. The second kappa shape index (κ2) is 18.1. The van der Waals surface area contributed by atoms with Crippen LogP contribution < -0.4 is 9.47 Å². The monoisotopic (exact) mass is 691 g/mol. The number of nitrogens with zero attached hydrogens (tertiary/aromatic N) is 1. The lowest BCUT2D eigenvalue weighted by Gasteiger charge is -2.34. The van der Waals surface area contributed by atoms with E-state index in [4.69, 9.17) is 28.4 Å². The van der Waals surface area contributed by atoms with Gasteiger partial charge in [-0.05, 0) is 98.7 Å². The van der Waals surface area contributed by atoms with Crippen LogP contribution in [-0.2, 0) is 23.7 Å². The van der Waals surface area contributed by atoms with Crippen molar-refractivity contribution in [2.75, 3.05) is 26.9 Å². The van der Waals surface area contributed by atoms with E-state index in [9.17, 15) is 14.4 Å². The fraction of sp³-hybridized carbons (Fsp3) is 0.500. The van der Waals surface area contributed by atoms with E-state index < -0.39 is 11.9 Å². The van der Waals surface area contributed by atoms with Gasteiger partial charge in [0.05, 0.1) is 55.3 Å². The summed E-state index contributed by atoms with van der Waals surface area (Å²) < 4.78 is 33.7. The van der Waals surface area contributed by atoms with Gasteiger partial charge in [0.15, 0.2) is 0 Å². The number of hydrogen-bond donors (Lipinski definition) is 0. The Balaban J connectivity index is 1.38. The molecule has 0 amide bonds. The molecule has 50 heavy (non-hydrogen) atoms. The van der Waals surface area contributed by atoms with Gasteiger partial charge in [-0.25, -0.2) is 9.59 Å². The van der Waals surface area contributed by atoms with Gasteiger partial charge in [-0.15, -0.1) is 0 Å². The summed E-state index contributed by atoms with van der Waals surface area (Å²) in [5, 5.41) is 0. The van der Waals surface area contributed by atoms with E-state index in [1.54, 1.807) is 60.7 Å². The van der Waals surface area contributed by atoms with Crippen LogP contribution in [-0.4, -0.2) is 68.1 Å². The molecule has 0 radical (unpaired) electrons. The SMILES string of the molecule is COC(=O)c1ccc(-c2ccc(OC(=O)c3ccc(OC(C)COC(C)COC(C)COC(=O)C(CC(C)(C)C)C(C)(C)C)cc3)cc2)nc1. The Labute approximate surface area is 296 Å². The standard InChI is InChI=1S/C40H53NO9/c1-26(23-46-27(2)24-48-38(44)34(40(7,8)9)21-39(4,5)6)47-25-28(3)49-32-18-13-30(14-19-32)37(43)50-33-16-11-29(12-17-33)35-20-15-31(22-41-35)36(42)45-10/h11-20,22,26-28,34H,21,23-25H2,1-10H3. The normalized spacial score (nSPS) is 14.2. The van der Waals surface area contributed by atoms with Crippen LogP contribution in [0, 0.1) is 16.7 Å². The van der Waals surface area contributed by atoms with Gasteiger partial charge in [0.2, 0.25) is 0 Å². The minimum absolute atomic E-state index is 0.0179. The summed E-state index contributed by atoms with van der Waals surface area (Å²) >= 11 is 0. The first-order valence-corrected chi connectivity index (χ1v) is 17.0. The number of benzene rings is 2. The Hall–Kier alpha value is -4.28. The first-order chi connectivity index (χ1) is 23.4. The Kier molecular flexibility index (Phi) is 14.5. The van der Waals surface area contributed by atoms with Crippen molar-refractivity contribution in [1.29, 1.82) is 0 Å². The highest BCUT2D eigenvalue weighted by Gasteiger charge is 2.36. The molecule has 4 unspecified atom stereocenters. The summed E-state index contributed by atoms with van der Waals surface area (Å²) in [4.78, 5) is 41.6. The van der Waals surface area contributed by atoms with Gasteiger partial charge in [0.25, 0.3) is 0 Å². The molecule has 10 nitrogen and oxygen atoms in total. The average Bonchev–Trinajstić information content (AvgIpc) is 3.07. The van der Waals surface area contributed by atoms with Crippen molar-refractivity contribution in [3.05, 3.63) is 78.0 Å². The minimum Gasteiger partial charge on any atom is -0.488 e. The predicted molar refractivity (Wildman–Crippen MR) is 191 cm³/mol. The molecular formula is C40H53NO9. The Morgan fingerprint density at radius 3 is 1.78 bits per heavy atom. The zero-order valence-corrected chi connectivity index (χ0v) is 31.1. The molecule has 0 fully saturated rings. The Morgan fingerprint density at radius 1 is 0.680 bits per heavy atom. The summed E-state index contributed by atoms with van der Waals surface area (Å²) in [6.07, 6.45) is 1.48. The van der Waals surface area contributed by atoms with E-state index in [0.29, 0.717) is 41.5 Å². The summed E-state index contributed by atoms with van der Waals surface area (Å²) in [7, 11) is 1.32. The number of aromatic nitrogens is 1. The van der Waals surface area contributed by atoms with E-state index in [1.165, 1.54) is 13.3 Å². The maximum atomic E-state index is 12.9. The molecule has 0 aliphatic heterocycles. The number of carbonyl (C=O) groups excluding carboxylic acids is 3. The van der Waals surface area contributed by atoms with E-state index in [-0.39, 0.29) is 47.6 Å². The van der Waals surface area contributed by atoms with Crippen LogP contribution in [0.1, 0.15) is 89.5 Å². The summed E-state index contributed by atoms with van der Waals surface area (Å²) in [5.74, 6) is -0.362. The van der Waals surface area contributed by atoms with Gasteiger partial charge in [-0.2, -0.15) is 0 Å². The largest absolute Gasteiger partial charge is 0.488 e. The minimum atomic E-state index is -0.502. The molecule has 0 aliphatic rings. The second-order valence-electron chi connectivity index (χ2n) is 14.9. The van der Waals surface area contributed by atoms with Crippen molar-refractivity contribution in [1.82, 2.24) is 4.98 Å². The van der Waals surface area contributed by atoms with Gasteiger partial charge in [0, 0.05) is 11.8 Å². The highest BCUT2D eigenvalue weighted by Crippen LogP contribution is 2.37. The van der Waals surface area contributed by atoms with Crippen LogP contribution >= 0.6 is 0 Å². The zero-order chi connectivity index (χ0) is 37.1. The lowest BCUT2D eigenvalue weighted by atomic mass is 9.72. The molecule has 0 N–H and O–H groups in total. The third-order valence-corrected chi connectivity index (χ3v) is 7.81.